The van der Waals surface area contributed by atoms with Crippen molar-refractivity contribution in [3.8, 4) is 5.75 Å². The molecule has 0 atom stereocenters. The Bertz CT molecular complexity index is 926. The number of hydrogen-bond donors (Lipinski definition) is 1. The number of nitrogens with one attached hydrogen (secondary N) is 1. The summed E-state index contributed by atoms with van der Waals surface area (Å²) in [6.07, 6.45) is 1.51. The van der Waals surface area contributed by atoms with E-state index in [1.165, 1.54) is 18.1 Å². The smallest absolute Gasteiger partial charge is 0.146 e. The summed E-state index contributed by atoms with van der Waals surface area (Å²) >= 11 is 0. The Morgan fingerprint density at radius 2 is 1.64 bits per heavy atom. The Morgan fingerprint density at radius 1 is 0.929 bits per heavy atom. The maximum atomic E-state index is 13.9. The van der Waals surface area contributed by atoms with Crippen molar-refractivity contribution in [3.05, 3.63) is 66.7 Å². The lowest BCUT2D eigenvalue weighted by molar-refractivity contribution is 0.415. The van der Waals surface area contributed by atoms with E-state index in [1.807, 2.05) is 18.2 Å². The van der Waals surface area contributed by atoms with Gasteiger partial charge in [0.15, 0.2) is 0 Å². The fourth-order valence-electron chi connectivity index (χ4n) is 3.28. The second kappa shape index (κ2) is 8.12. The third-order valence-electron chi connectivity index (χ3n) is 4.83. The number of rotatable bonds is 5. The molecule has 0 bridgehead atoms. The Balaban J connectivity index is 1.41. The molecule has 0 spiro atoms. The Morgan fingerprint density at radius 3 is 2.36 bits per heavy atom. The largest absolute Gasteiger partial charge is 0.497 e. The van der Waals surface area contributed by atoms with Crippen molar-refractivity contribution in [2.24, 2.45) is 0 Å². The Labute approximate surface area is 163 Å². The van der Waals surface area contributed by atoms with E-state index in [0.29, 0.717) is 11.5 Å². The topological polar surface area (TPSA) is 53.5 Å². The van der Waals surface area contributed by atoms with Gasteiger partial charge in [0, 0.05) is 37.9 Å². The van der Waals surface area contributed by atoms with Gasteiger partial charge in [0.05, 0.1) is 12.8 Å². The second-order valence-electron chi connectivity index (χ2n) is 6.54. The van der Waals surface area contributed by atoms with Crippen molar-refractivity contribution < 1.29 is 9.13 Å². The minimum Gasteiger partial charge on any atom is -0.497 e. The first-order valence-corrected chi connectivity index (χ1v) is 9.20. The van der Waals surface area contributed by atoms with Crippen LogP contribution in [0.2, 0.25) is 0 Å². The number of halogens is 1. The SMILES string of the molecule is COc1ccc(N2CCN(c3cc(Nc4ccccc4F)ncn3)CC2)cc1. The number of aromatic nitrogens is 2. The van der Waals surface area contributed by atoms with E-state index in [4.69, 9.17) is 4.74 Å². The number of hydrogen-bond acceptors (Lipinski definition) is 6. The van der Waals surface area contributed by atoms with E-state index in [9.17, 15) is 4.39 Å². The molecule has 28 heavy (non-hydrogen) atoms. The van der Waals surface area contributed by atoms with Gasteiger partial charge in [-0.3, -0.25) is 0 Å². The molecule has 0 unspecified atom stereocenters. The van der Waals surface area contributed by atoms with Gasteiger partial charge in [0.25, 0.3) is 0 Å². The van der Waals surface area contributed by atoms with Crippen LogP contribution in [-0.2, 0) is 0 Å². The third kappa shape index (κ3) is 3.98. The summed E-state index contributed by atoms with van der Waals surface area (Å²) < 4.78 is 19.1. The van der Waals surface area contributed by atoms with E-state index < -0.39 is 0 Å². The van der Waals surface area contributed by atoms with Gasteiger partial charge in [-0.2, -0.15) is 0 Å². The average Bonchev–Trinajstić information content (AvgIpc) is 2.76. The van der Waals surface area contributed by atoms with Crippen LogP contribution in [0.5, 0.6) is 5.75 Å². The first-order valence-electron chi connectivity index (χ1n) is 9.20. The van der Waals surface area contributed by atoms with Gasteiger partial charge in [0.1, 0.15) is 29.5 Å². The molecule has 6 nitrogen and oxygen atoms in total. The number of methoxy groups -OCH3 is 1. The van der Waals surface area contributed by atoms with Gasteiger partial charge in [-0.1, -0.05) is 12.1 Å². The van der Waals surface area contributed by atoms with Crippen molar-refractivity contribution in [2.45, 2.75) is 0 Å². The maximum Gasteiger partial charge on any atom is 0.146 e. The number of nitrogens with zero attached hydrogens (tertiary/aromatic N) is 4. The van der Waals surface area contributed by atoms with E-state index >= 15 is 0 Å². The lowest BCUT2D eigenvalue weighted by Crippen LogP contribution is -2.46. The molecule has 2 aromatic carbocycles. The van der Waals surface area contributed by atoms with Crippen LogP contribution in [0.25, 0.3) is 0 Å². The van der Waals surface area contributed by atoms with Crippen LogP contribution in [0.15, 0.2) is 60.9 Å². The first kappa shape index (κ1) is 18.0. The molecule has 1 aromatic heterocycles. The molecular weight excluding hydrogens is 357 g/mol. The van der Waals surface area contributed by atoms with Crippen LogP contribution in [0.3, 0.4) is 0 Å². The summed E-state index contributed by atoms with van der Waals surface area (Å²) in [7, 11) is 1.67. The van der Waals surface area contributed by atoms with Gasteiger partial charge in [-0.15, -0.1) is 0 Å². The Kier molecular flexibility index (Phi) is 5.23. The van der Waals surface area contributed by atoms with E-state index in [-0.39, 0.29) is 5.82 Å². The van der Waals surface area contributed by atoms with Crippen molar-refractivity contribution >= 4 is 23.0 Å². The summed E-state index contributed by atoms with van der Waals surface area (Å²) in [5, 5.41) is 3.02. The van der Waals surface area contributed by atoms with Crippen LogP contribution in [0.4, 0.5) is 27.4 Å². The standard InChI is InChI=1S/C21H22FN5O/c1-28-17-8-6-16(7-9-17)26-10-12-27(13-11-26)21-14-20(23-15-24-21)25-19-5-3-2-4-18(19)22/h2-9,14-15H,10-13H2,1H3,(H,23,24,25). The molecule has 1 N–H and O–H groups in total. The lowest BCUT2D eigenvalue weighted by atomic mass is 10.2. The predicted octanol–water partition coefficient (Wildman–Crippen LogP) is 3.69. The molecule has 0 saturated carbocycles. The van der Waals surface area contributed by atoms with Gasteiger partial charge in [0.2, 0.25) is 0 Å². The maximum absolute atomic E-state index is 13.9. The van der Waals surface area contributed by atoms with Crippen LogP contribution < -0.4 is 19.9 Å². The minimum absolute atomic E-state index is 0.309. The summed E-state index contributed by atoms with van der Waals surface area (Å²) in [4.78, 5) is 13.2. The number of piperazine rings is 1. The molecule has 4 rings (SSSR count). The number of ether oxygens (including phenoxy) is 1. The van der Waals surface area contributed by atoms with Gasteiger partial charge < -0.3 is 19.9 Å². The number of anilines is 4. The normalized spacial score (nSPS) is 14.1. The fraction of sp³-hybridized carbons (Fsp3) is 0.238. The molecule has 0 radical (unpaired) electrons. The van der Waals surface area contributed by atoms with Gasteiger partial charge in [-0.05, 0) is 36.4 Å². The zero-order chi connectivity index (χ0) is 19.3. The monoisotopic (exact) mass is 379 g/mol. The molecule has 7 heteroatoms. The second-order valence-corrected chi connectivity index (χ2v) is 6.54. The number of benzene rings is 2. The van der Waals surface area contributed by atoms with Crippen molar-refractivity contribution in [1.82, 2.24) is 9.97 Å². The van der Waals surface area contributed by atoms with Crippen LogP contribution >= 0.6 is 0 Å². The highest BCUT2D eigenvalue weighted by atomic mass is 19.1. The zero-order valence-corrected chi connectivity index (χ0v) is 15.7. The van der Waals surface area contributed by atoms with E-state index in [1.54, 1.807) is 25.3 Å². The van der Waals surface area contributed by atoms with Gasteiger partial charge in [-0.25, -0.2) is 14.4 Å². The molecule has 1 saturated heterocycles. The molecule has 1 fully saturated rings. The quantitative estimate of drug-likeness (QED) is 0.730. The summed E-state index contributed by atoms with van der Waals surface area (Å²) in [5.41, 5.74) is 1.58. The summed E-state index contributed by atoms with van der Waals surface area (Å²) in [6, 6.07) is 16.5. The molecule has 1 aliphatic heterocycles. The highest BCUT2D eigenvalue weighted by Crippen LogP contribution is 2.24. The lowest BCUT2D eigenvalue weighted by Gasteiger charge is -2.36. The van der Waals surface area contributed by atoms with Crippen molar-refractivity contribution in [3.63, 3.8) is 0 Å². The van der Waals surface area contributed by atoms with Crippen LogP contribution in [0, 0.1) is 5.82 Å². The fourth-order valence-corrected chi connectivity index (χ4v) is 3.28. The Hall–Kier alpha value is -3.35. The molecule has 1 aliphatic rings. The van der Waals surface area contributed by atoms with Crippen LogP contribution in [0.1, 0.15) is 0 Å². The average molecular weight is 379 g/mol. The van der Waals surface area contributed by atoms with Crippen LogP contribution in [-0.4, -0.2) is 43.3 Å². The third-order valence-corrected chi connectivity index (χ3v) is 4.83. The van der Waals surface area contributed by atoms with E-state index in [2.05, 4.69) is 37.2 Å². The first-order chi connectivity index (χ1) is 13.7. The van der Waals surface area contributed by atoms with E-state index in [0.717, 1.165) is 37.7 Å². The minimum atomic E-state index is -0.309. The molecule has 3 aromatic rings. The summed E-state index contributed by atoms with van der Waals surface area (Å²) in [5.74, 6) is 1.96. The highest BCUT2D eigenvalue weighted by molar-refractivity contribution is 5.60. The molecular formula is C21H22FN5O. The van der Waals surface area contributed by atoms with Gasteiger partial charge >= 0.3 is 0 Å². The van der Waals surface area contributed by atoms with Crippen molar-refractivity contribution in [2.75, 3.05) is 48.4 Å². The summed E-state index contributed by atoms with van der Waals surface area (Å²) in [6.45, 7) is 3.49. The number of para-hydroxylation sites is 1. The molecule has 0 aliphatic carbocycles. The highest BCUT2D eigenvalue weighted by Gasteiger charge is 2.19. The predicted molar refractivity (Wildman–Crippen MR) is 109 cm³/mol. The molecule has 144 valence electrons. The zero-order valence-electron chi connectivity index (χ0n) is 15.7. The van der Waals surface area contributed by atoms with Crippen molar-refractivity contribution in [1.29, 1.82) is 0 Å². The molecule has 2 heterocycles. The molecule has 0 amide bonds.